The van der Waals surface area contributed by atoms with Crippen molar-refractivity contribution in [2.45, 2.75) is 44.2 Å². The fraction of sp³-hybridized carbons (Fsp3) is 0.526. The molecule has 1 saturated carbocycles. The molecule has 1 atom stereocenters. The molecule has 4 aliphatic rings. The lowest BCUT2D eigenvalue weighted by Crippen LogP contribution is -2.65. The third kappa shape index (κ3) is 2.01. The summed E-state index contributed by atoms with van der Waals surface area (Å²) in [6, 6.07) is 5.78. The highest BCUT2D eigenvalue weighted by molar-refractivity contribution is 7.20. The van der Waals surface area contributed by atoms with Crippen molar-refractivity contribution in [3.05, 3.63) is 34.5 Å². The van der Waals surface area contributed by atoms with E-state index < -0.39 is 0 Å². The molecule has 1 spiro atoms. The highest BCUT2D eigenvalue weighted by atomic mass is 32.1. The summed E-state index contributed by atoms with van der Waals surface area (Å²) in [4.78, 5) is 16.0. The molecule has 1 aromatic carbocycles. The zero-order valence-corrected chi connectivity index (χ0v) is 14.6. The quantitative estimate of drug-likeness (QED) is 0.901. The number of thiophene rings is 1. The van der Waals surface area contributed by atoms with Crippen molar-refractivity contribution >= 4 is 27.3 Å². The van der Waals surface area contributed by atoms with Crippen LogP contribution in [0, 0.1) is 18.7 Å². The summed E-state index contributed by atoms with van der Waals surface area (Å²) in [6.07, 6.45) is 4.78. The molecule has 126 valence electrons. The van der Waals surface area contributed by atoms with Crippen molar-refractivity contribution in [3.8, 4) is 0 Å². The van der Waals surface area contributed by atoms with Gasteiger partial charge in [-0.25, -0.2) is 4.39 Å². The van der Waals surface area contributed by atoms with Crippen LogP contribution in [-0.4, -0.2) is 35.5 Å². The second-order valence-corrected chi connectivity index (χ2v) is 8.66. The third-order valence-electron chi connectivity index (χ3n) is 6.31. The van der Waals surface area contributed by atoms with E-state index in [2.05, 4.69) is 10.2 Å². The number of hydrogen-bond donors (Lipinski definition) is 1. The number of carbonyl (C=O) groups excluding carboxylic acids is 1. The highest BCUT2D eigenvalue weighted by Crippen LogP contribution is 2.53. The maximum atomic E-state index is 14.3. The molecule has 4 fully saturated rings. The van der Waals surface area contributed by atoms with Crippen LogP contribution >= 0.6 is 11.3 Å². The number of hydrogen-bond acceptors (Lipinski definition) is 3. The molecular weight excluding hydrogens is 323 g/mol. The van der Waals surface area contributed by atoms with Gasteiger partial charge in [0.2, 0.25) is 0 Å². The van der Waals surface area contributed by atoms with Gasteiger partial charge in [-0.15, -0.1) is 11.3 Å². The molecular formula is C19H21FN2OS. The second kappa shape index (κ2) is 5.02. The zero-order chi connectivity index (χ0) is 16.5. The van der Waals surface area contributed by atoms with Crippen LogP contribution in [0.1, 0.15) is 40.9 Å². The molecule has 1 unspecified atom stereocenters. The number of amides is 1. The van der Waals surface area contributed by atoms with Gasteiger partial charge < -0.3 is 5.32 Å². The summed E-state index contributed by atoms with van der Waals surface area (Å²) in [5.74, 6) is 0.381. The third-order valence-corrected chi connectivity index (χ3v) is 7.45. The van der Waals surface area contributed by atoms with E-state index in [-0.39, 0.29) is 23.3 Å². The van der Waals surface area contributed by atoms with Gasteiger partial charge in [0.1, 0.15) is 5.82 Å². The standard InChI is InChI=1S/C19H21FN2OS/c1-11-2-3-13-10-14(24-16(13)15(11)20)18(23)21-17-12-4-8-22(9-5-12)19(17)6-7-19/h2-3,10,12,17H,4-9H2,1H3,(H,21,23). The van der Waals surface area contributed by atoms with Crippen LogP contribution in [-0.2, 0) is 0 Å². The number of nitrogens with one attached hydrogen (secondary N) is 1. The predicted octanol–water partition coefficient (Wildman–Crippen LogP) is 3.71. The molecule has 24 heavy (non-hydrogen) atoms. The average molecular weight is 344 g/mol. The number of halogens is 1. The molecule has 3 aliphatic heterocycles. The summed E-state index contributed by atoms with van der Waals surface area (Å²) in [5.41, 5.74) is 0.862. The molecule has 3 nitrogen and oxygen atoms in total. The first-order valence-corrected chi connectivity index (χ1v) is 9.65. The van der Waals surface area contributed by atoms with E-state index >= 15 is 0 Å². The number of benzene rings is 1. The molecule has 1 amide bonds. The molecule has 4 heterocycles. The first kappa shape index (κ1) is 14.8. The van der Waals surface area contributed by atoms with Gasteiger partial charge in [-0.1, -0.05) is 12.1 Å². The Kier molecular flexibility index (Phi) is 3.11. The molecule has 0 radical (unpaired) electrons. The zero-order valence-electron chi connectivity index (χ0n) is 13.8. The van der Waals surface area contributed by atoms with Gasteiger partial charge in [-0.2, -0.15) is 0 Å². The Hall–Kier alpha value is -1.46. The summed E-state index contributed by atoms with van der Waals surface area (Å²) in [7, 11) is 0. The lowest BCUT2D eigenvalue weighted by molar-refractivity contribution is -0.00138. The smallest absolute Gasteiger partial charge is 0.261 e. The summed E-state index contributed by atoms with van der Waals surface area (Å²) in [5, 5.41) is 4.14. The molecule has 6 rings (SSSR count). The minimum atomic E-state index is -0.196. The van der Waals surface area contributed by atoms with Gasteiger partial charge in [0.25, 0.3) is 5.91 Å². The van der Waals surface area contributed by atoms with Gasteiger partial charge in [0, 0.05) is 5.54 Å². The van der Waals surface area contributed by atoms with E-state index in [1.165, 1.54) is 50.1 Å². The van der Waals surface area contributed by atoms with Crippen LogP contribution in [0.2, 0.25) is 0 Å². The van der Waals surface area contributed by atoms with Crippen molar-refractivity contribution in [2.24, 2.45) is 5.92 Å². The number of nitrogens with zero attached hydrogens (tertiary/aromatic N) is 1. The number of piperidine rings is 3. The van der Waals surface area contributed by atoms with E-state index in [1.807, 2.05) is 12.1 Å². The van der Waals surface area contributed by atoms with Crippen LogP contribution in [0.25, 0.3) is 10.1 Å². The summed E-state index contributed by atoms with van der Waals surface area (Å²) < 4.78 is 14.9. The molecule has 1 aliphatic carbocycles. The van der Waals surface area contributed by atoms with Gasteiger partial charge in [-0.05, 0) is 68.6 Å². The van der Waals surface area contributed by atoms with Crippen molar-refractivity contribution in [1.82, 2.24) is 10.2 Å². The van der Waals surface area contributed by atoms with Gasteiger partial charge in [-0.3, -0.25) is 9.69 Å². The fourth-order valence-electron chi connectivity index (χ4n) is 4.81. The molecule has 1 aromatic heterocycles. The van der Waals surface area contributed by atoms with Gasteiger partial charge >= 0.3 is 0 Å². The van der Waals surface area contributed by atoms with Crippen LogP contribution in [0.15, 0.2) is 18.2 Å². The number of fused-ring (bicyclic) bond motifs is 3. The maximum absolute atomic E-state index is 14.3. The SMILES string of the molecule is Cc1ccc2cc(C(=O)NC3C4CCN(CC4)C34CC4)sc2c1F. The average Bonchev–Trinajstić information content (AvgIpc) is 3.24. The first-order valence-electron chi connectivity index (χ1n) is 8.83. The highest BCUT2D eigenvalue weighted by Gasteiger charge is 2.60. The molecule has 5 heteroatoms. The molecule has 3 saturated heterocycles. The normalized spacial score (nSPS) is 30.0. The minimum absolute atomic E-state index is 0.0294. The monoisotopic (exact) mass is 344 g/mol. The number of carbonyl (C=O) groups is 1. The molecule has 2 aromatic rings. The Morgan fingerprint density at radius 2 is 2.08 bits per heavy atom. The van der Waals surface area contributed by atoms with Crippen LogP contribution in [0.5, 0.6) is 0 Å². The van der Waals surface area contributed by atoms with Gasteiger partial charge in [0.15, 0.2) is 0 Å². The summed E-state index contributed by atoms with van der Waals surface area (Å²) >= 11 is 1.27. The van der Waals surface area contributed by atoms with Crippen LogP contribution in [0.3, 0.4) is 0 Å². The van der Waals surface area contributed by atoms with E-state index in [1.54, 1.807) is 13.0 Å². The predicted molar refractivity (Wildman–Crippen MR) is 94.0 cm³/mol. The molecule has 2 bridgehead atoms. The largest absolute Gasteiger partial charge is 0.346 e. The maximum Gasteiger partial charge on any atom is 0.261 e. The second-order valence-electron chi connectivity index (χ2n) is 7.60. The topological polar surface area (TPSA) is 32.3 Å². The lowest BCUT2D eigenvalue weighted by Gasteiger charge is -2.52. The molecule has 1 N–H and O–H groups in total. The number of rotatable bonds is 2. The Morgan fingerprint density at radius 1 is 1.33 bits per heavy atom. The van der Waals surface area contributed by atoms with Crippen LogP contribution in [0.4, 0.5) is 4.39 Å². The Labute approximate surface area is 144 Å². The van der Waals surface area contributed by atoms with E-state index in [0.29, 0.717) is 21.1 Å². The van der Waals surface area contributed by atoms with E-state index in [9.17, 15) is 9.18 Å². The van der Waals surface area contributed by atoms with Gasteiger partial charge in [0.05, 0.1) is 15.6 Å². The van der Waals surface area contributed by atoms with Crippen molar-refractivity contribution in [1.29, 1.82) is 0 Å². The van der Waals surface area contributed by atoms with Crippen LogP contribution < -0.4 is 5.32 Å². The van der Waals surface area contributed by atoms with Crippen molar-refractivity contribution in [3.63, 3.8) is 0 Å². The Bertz CT molecular complexity index is 833. The van der Waals surface area contributed by atoms with Crippen molar-refractivity contribution < 1.29 is 9.18 Å². The number of aryl methyl sites for hydroxylation is 1. The minimum Gasteiger partial charge on any atom is -0.346 e. The Balaban J connectivity index is 1.44. The lowest BCUT2D eigenvalue weighted by atomic mass is 9.77. The first-order chi connectivity index (χ1) is 11.6. The van der Waals surface area contributed by atoms with Crippen molar-refractivity contribution in [2.75, 3.05) is 13.1 Å². The fourth-order valence-corrected chi connectivity index (χ4v) is 5.87. The summed E-state index contributed by atoms with van der Waals surface area (Å²) in [6.45, 7) is 4.13. The van der Waals surface area contributed by atoms with E-state index in [0.717, 1.165) is 5.39 Å². The van der Waals surface area contributed by atoms with E-state index in [4.69, 9.17) is 0 Å². The Morgan fingerprint density at radius 3 is 2.79 bits per heavy atom.